The molecule has 33 heavy (non-hydrogen) atoms. The van der Waals surface area contributed by atoms with E-state index < -0.39 is 0 Å². The molecule has 4 heterocycles. The van der Waals surface area contributed by atoms with Gasteiger partial charge in [-0.15, -0.1) is 5.10 Å². The number of β-amino-alcohol motifs (C(OH)–C–C–N with tert-alkyl or cyclic N) is 1. The number of anilines is 1. The molecule has 2 aliphatic rings. The number of aliphatic hydroxyl groups is 1. The van der Waals surface area contributed by atoms with E-state index in [1.54, 1.807) is 7.05 Å². The van der Waals surface area contributed by atoms with Gasteiger partial charge in [-0.05, 0) is 6.07 Å². The largest absolute Gasteiger partial charge is 0.407 e. The molecule has 3 aromatic rings. The quantitative estimate of drug-likeness (QED) is 0.566. The third kappa shape index (κ3) is 4.41. The van der Waals surface area contributed by atoms with Gasteiger partial charge in [-0.1, -0.05) is 23.3 Å². The smallest absolute Gasteiger partial charge is 0.315 e. The second-order valence-corrected chi connectivity index (χ2v) is 8.50. The number of para-hydroxylation sites is 1. The Morgan fingerprint density at radius 2 is 1.94 bits per heavy atom. The molecule has 1 saturated heterocycles. The number of nitrogens with one attached hydrogen (secondary N) is 1. The zero-order valence-electron chi connectivity index (χ0n) is 18.8. The van der Waals surface area contributed by atoms with Crippen LogP contribution in [0.25, 0.3) is 10.9 Å². The number of aromatic nitrogens is 3. The molecular weight excluding hydrogens is 422 g/mol. The Morgan fingerprint density at radius 1 is 1.12 bits per heavy atom. The predicted molar refractivity (Wildman–Crippen MR) is 123 cm³/mol. The number of hydrogen-bond acceptors (Lipinski definition) is 9. The molecule has 1 amide bonds. The highest BCUT2D eigenvalue weighted by atomic mass is 16.4. The zero-order valence-corrected chi connectivity index (χ0v) is 18.8. The molecule has 2 aromatic heterocycles. The number of piperazine rings is 1. The van der Waals surface area contributed by atoms with Crippen molar-refractivity contribution in [1.29, 1.82) is 0 Å². The summed E-state index contributed by atoms with van der Waals surface area (Å²) in [4.78, 5) is 25.1. The Kier molecular flexibility index (Phi) is 6.21. The minimum Gasteiger partial charge on any atom is -0.407 e. The second kappa shape index (κ2) is 9.42. The summed E-state index contributed by atoms with van der Waals surface area (Å²) in [7, 11) is 1.74. The molecule has 174 valence electrons. The third-order valence-electron chi connectivity index (χ3n) is 6.45. The van der Waals surface area contributed by atoms with Crippen LogP contribution in [-0.2, 0) is 19.5 Å². The molecule has 1 aromatic carbocycles. The topological polar surface area (TPSA) is 111 Å². The van der Waals surface area contributed by atoms with Crippen molar-refractivity contribution < 1.29 is 14.3 Å². The monoisotopic (exact) mass is 451 g/mol. The van der Waals surface area contributed by atoms with Crippen molar-refractivity contribution in [3.8, 4) is 0 Å². The Hall–Kier alpha value is -3.08. The lowest BCUT2D eigenvalue weighted by atomic mass is 9.94. The summed E-state index contributed by atoms with van der Waals surface area (Å²) in [5.41, 5.74) is 3.62. The second-order valence-electron chi connectivity index (χ2n) is 8.50. The van der Waals surface area contributed by atoms with Crippen LogP contribution >= 0.6 is 0 Å². The first kappa shape index (κ1) is 21.7. The van der Waals surface area contributed by atoms with Crippen LogP contribution in [0.3, 0.4) is 0 Å². The first-order valence-electron chi connectivity index (χ1n) is 11.4. The van der Waals surface area contributed by atoms with Crippen LogP contribution in [0.5, 0.6) is 0 Å². The maximum Gasteiger partial charge on any atom is 0.315 e. The zero-order chi connectivity index (χ0) is 22.8. The number of nitrogens with zero attached hydrogens (tertiary/aromatic N) is 6. The standard InChI is InChI=1S/C23H29N7O3/c1-24-23-27-26-20(33-23)15-29-7-6-19-17(14-29)21(16-4-2-3-5-18(16)25-19)22(32)30-10-8-28(9-11-30)12-13-31/h2-5,31H,6-15H2,1H3,(H,24,27). The highest BCUT2D eigenvalue weighted by Crippen LogP contribution is 2.30. The first-order chi connectivity index (χ1) is 16.2. The van der Waals surface area contributed by atoms with Gasteiger partial charge >= 0.3 is 6.01 Å². The average Bonchev–Trinajstić information content (AvgIpc) is 3.30. The van der Waals surface area contributed by atoms with E-state index in [1.165, 1.54) is 0 Å². The van der Waals surface area contributed by atoms with Gasteiger partial charge in [0.05, 0.1) is 24.2 Å². The Bertz CT molecular complexity index is 1140. The van der Waals surface area contributed by atoms with E-state index in [0.717, 1.165) is 53.8 Å². The lowest BCUT2D eigenvalue weighted by molar-refractivity contribution is 0.0614. The minimum absolute atomic E-state index is 0.0607. The Morgan fingerprint density at radius 3 is 2.70 bits per heavy atom. The number of amides is 1. The molecule has 0 saturated carbocycles. The first-order valence-corrected chi connectivity index (χ1v) is 11.4. The fraction of sp³-hybridized carbons (Fsp3) is 0.478. The van der Waals surface area contributed by atoms with Gasteiger partial charge in [0, 0.05) is 75.9 Å². The van der Waals surface area contributed by atoms with Crippen LogP contribution in [0.2, 0.25) is 0 Å². The van der Waals surface area contributed by atoms with E-state index in [1.807, 2.05) is 29.2 Å². The summed E-state index contributed by atoms with van der Waals surface area (Å²) < 4.78 is 5.61. The van der Waals surface area contributed by atoms with Crippen LogP contribution in [0.1, 0.15) is 27.5 Å². The van der Waals surface area contributed by atoms with Gasteiger partial charge in [-0.25, -0.2) is 0 Å². The summed E-state index contributed by atoms with van der Waals surface area (Å²) >= 11 is 0. The fourth-order valence-electron chi connectivity index (χ4n) is 4.71. The number of carbonyl (C=O) groups excluding carboxylic acids is 1. The van der Waals surface area contributed by atoms with Gasteiger partial charge in [-0.2, -0.15) is 0 Å². The van der Waals surface area contributed by atoms with Crippen molar-refractivity contribution in [3.05, 3.63) is 47.0 Å². The number of pyridine rings is 1. The molecule has 2 N–H and O–H groups in total. The number of carbonyl (C=O) groups is 1. The molecule has 10 nitrogen and oxygen atoms in total. The van der Waals surface area contributed by atoms with Crippen LogP contribution in [0.4, 0.5) is 6.01 Å². The molecule has 10 heteroatoms. The molecule has 0 bridgehead atoms. The van der Waals surface area contributed by atoms with E-state index in [0.29, 0.717) is 44.6 Å². The van der Waals surface area contributed by atoms with Crippen molar-refractivity contribution in [3.63, 3.8) is 0 Å². The average molecular weight is 452 g/mol. The summed E-state index contributed by atoms with van der Waals surface area (Å²) in [6.07, 6.45) is 0.762. The molecule has 0 aliphatic carbocycles. The summed E-state index contributed by atoms with van der Waals surface area (Å²) in [6, 6.07) is 8.30. The lowest BCUT2D eigenvalue weighted by Gasteiger charge is -2.36. The van der Waals surface area contributed by atoms with Crippen LogP contribution < -0.4 is 5.32 Å². The molecule has 0 radical (unpaired) electrons. The summed E-state index contributed by atoms with van der Waals surface area (Å²) in [6.45, 7) is 5.58. The van der Waals surface area contributed by atoms with E-state index in [2.05, 4.69) is 25.3 Å². The van der Waals surface area contributed by atoms with Crippen molar-refractivity contribution in [2.24, 2.45) is 0 Å². The van der Waals surface area contributed by atoms with Crippen LogP contribution in [0.15, 0.2) is 28.7 Å². The highest BCUT2D eigenvalue weighted by molar-refractivity contribution is 6.07. The molecule has 0 unspecified atom stereocenters. The summed E-state index contributed by atoms with van der Waals surface area (Å²) in [5.74, 6) is 0.607. The normalized spacial score (nSPS) is 17.3. The van der Waals surface area contributed by atoms with Crippen molar-refractivity contribution in [1.82, 2.24) is 29.9 Å². The van der Waals surface area contributed by atoms with Gasteiger partial charge < -0.3 is 19.7 Å². The Labute approximate surface area is 192 Å². The van der Waals surface area contributed by atoms with Gasteiger partial charge in [0.1, 0.15) is 0 Å². The number of aliphatic hydroxyl groups excluding tert-OH is 1. The third-order valence-corrected chi connectivity index (χ3v) is 6.45. The van der Waals surface area contributed by atoms with Crippen molar-refractivity contribution in [2.45, 2.75) is 19.5 Å². The van der Waals surface area contributed by atoms with E-state index in [-0.39, 0.29) is 12.5 Å². The van der Waals surface area contributed by atoms with E-state index in [4.69, 9.17) is 9.40 Å². The molecular formula is C23H29N7O3. The summed E-state index contributed by atoms with van der Waals surface area (Å²) in [5, 5.41) is 21.0. The van der Waals surface area contributed by atoms with Crippen LogP contribution in [-0.4, -0.2) is 93.8 Å². The molecule has 0 spiro atoms. The van der Waals surface area contributed by atoms with Gasteiger partial charge in [0.2, 0.25) is 5.89 Å². The van der Waals surface area contributed by atoms with E-state index in [9.17, 15) is 9.90 Å². The van der Waals surface area contributed by atoms with Crippen molar-refractivity contribution >= 4 is 22.8 Å². The van der Waals surface area contributed by atoms with Crippen LogP contribution in [0, 0.1) is 0 Å². The van der Waals surface area contributed by atoms with Gasteiger partial charge in [-0.3, -0.25) is 19.6 Å². The molecule has 0 atom stereocenters. The van der Waals surface area contributed by atoms with Gasteiger partial charge in [0.15, 0.2) is 0 Å². The maximum absolute atomic E-state index is 13.8. The number of benzene rings is 1. The van der Waals surface area contributed by atoms with E-state index >= 15 is 0 Å². The maximum atomic E-state index is 13.8. The molecule has 1 fully saturated rings. The number of rotatable bonds is 6. The lowest BCUT2D eigenvalue weighted by Crippen LogP contribution is -2.49. The fourth-order valence-corrected chi connectivity index (χ4v) is 4.71. The SMILES string of the molecule is CNc1nnc(CN2CCc3nc4ccccc4c(C(=O)N4CCN(CCO)CC4)c3C2)o1. The molecule has 5 rings (SSSR count). The highest BCUT2D eigenvalue weighted by Gasteiger charge is 2.30. The Balaban J connectivity index is 1.44. The number of fused-ring (bicyclic) bond motifs is 2. The number of hydrogen-bond donors (Lipinski definition) is 2. The predicted octanol–water partition coefficient (Wildman–Crippen LogP) is 0.968. The molecule has 2 aliphatic heterocycles. The van der Waals surface area contributed by atoms with Crippen molar-refractivity contribution in [2.75, 3.05) is 58.2 Å². The minimum atomic E-state index is 0.0607. The van der Waals surface area contributed by atoms with Gasteiger partial charge in [0.25, 0.3) is 5.91 Å².